The Balaban J connectivity index is 1.39. The molecule has 0 spiro atoms. The smallest absolute Gasteiger partial charge is 0.269 e. The molecule has 5 aromatic rings. The van der Waals surface area contributed by atoms with Crippen molar-refractivity contribution in [2.75, 3.05) is 29.9 Å². The third kappa shape index (κ3) is 3.34. The van der Waals surface area contributed by atoms with E-state index in [0.717, 1.165) is 32.8 Å². The topological polar surface area (TPSA) is 67.2 Å². The van der Waals surface area contributed by atoms with E-state index in [2.05, 4.69) is 17.0 Å². The van der Waals surface area contributed by atoms with Crippen molar-refractivity contribution in [3.63, 3.8) is 0 Å². The van der Waals surface area contributed by atoms with Gasteiger partial charge in [0, 0.05) is 25.5 Å². The van der Waals surface area contributed by atoms with Crippen LogP contribution < -0.4 is 9.80 Å². The van der Waals surface area contributed by atoms with Crippen molar-refractivity contribution in [1.82, 2.24) is 19.7 Å². The van der Waals surface area contributed by atoms with Gasteiger partial charge in [-0.2, -0.15) is 5.10 Å². The molecule has 7 nitrogen and oxygen atoms in total. The first-order valence-corrected chi connectivity index (χ1v) is 11.7. The SMILES string of the molecule is Cc1nn(Cc2ccccc2)c2sc(C(=O)N3CCN(C)c4nc5ccccc5nc43)cc12. The van der Waals surface area contributed by atoms with Crippen LogP contribution in [0.5, 0.6) is 0 Å². The molecule has 0 fully saturated rings. The van der Waals surface area contributed by atoms with Crippen LogP contribution in [0.1, 0.15) is 20.9 Å². The minimum Gasteiger partial charge on any atom is -0.355 e. The fourth-order valence-corrected chi connectivity index (χ4v) is 5.40. The molecule has 0 saturated carbocycles. The number of nitrogens with zero attached hydrogens (tertiary/aromatic N) is 6. The van der Waals surface area contributed by atoms with Crippen LogP contribution in [0.2, 0.25) is 0 Å². The van der Waals surface area contributed by atoms with Crippen molar-refractivity contribution >= 4 is 50.1 Å². The van der Waals surface area contributed by atoms with Gasteiger partial charge in [-0.15, -0.1) is 11.3 Å². The number of rotatable bonds is 3. The minimum atomic E-state index is -0.0409. The van der Waals surface area contributed by atoms with Crippen molar-refractivity contribution in [2.45, 2.75) is 13.5 Å². The highest BCUT2D eigenvalue weighted by Crippen LogP contribution is 2.34. The summed E-state index contributed by atoms with van der Waals surface area (Å²) >= 11 is 1.49. The molecule has 1 aliphatic rings. The van der Waals surface area contributed by atoms with Crippen LogP contribution in [0.15, 0.2) is 60.7 Å². The van der Waals surface area contributed by atoms with Crippen molar-refractivity contribution in [3.05, 3.63) is 76.8 Å². The lowest BCUT2D eigenvalue weighted by Crippen LogP contribution is -2.43. The van der Waals surface area contributed by atoms with E-state index in [-0.39, 0.29) is 5.91 Å². The number of carbonyl (C=O) groups is 1. The van der Waals surface area contributed by atoms with Crippen LogP contribution in [0, 0.1) is 6.92 Å². The van der Waals surface area contributed by atoms with Gasteiger partial charge in [-0.3, -0.25) is 14.4 Å². The van der Waals surface area contributed by atoms with E-state index in [1.165, 1.54) is 16.9 Å². The zero-order valence-corrected chi connectivity index (χ0v) is 19.2. The number of carbonyl (C=O) groups excluding carboxylic acids is 1. The molecule has 33 heavy (non-hydrogen) atoms. The fraction of sp³-hybridized carbons (Fsp3) is 0.200. The Hall–Kier alpha value is -3.78. The Bertz CT molecular complexity index is 1510. The second-order valence-corrected chi connectivity index (χ2v) is 9.33. The molecule has 0 atom stereocenters. The number of likely N-dealkylation sites (N-methyl/N-ethyl adjacent to an activating group) is 1. The van der Waals surface area contributed by atoms with E-state index >= 15 is 0 Å². The van der Waals surface area contributed by atoms with Gasteiger partial charge in [0.1, 0.15) is 4.83 Å². The number of aromatic nitrogens is 4. The third-order valence-corrected chi connectivity index (χ3v) is 7.19. The highest BCUT2D eigenvalue weighted by Gasteiger charge is 2.30. The number of anilines is 2. The fourth-order valence-electron chi connectivity index (χ4n) is 4.29. The third-order valence-electron chi connectivity index (χ3n) is 6.05. The maximum atomic E-state index is 13.7. The number of hydrogen-bond acceptors (Lipinski definition) is 6. The molecule has 3 aromatic heterocycles. The lowest BCUT2D eigenvalue weighted by atomic mass is 10.2. The van der Waals surface area contributed by atoms with Crippen LogP contribution in [-0.2, 0) is 6.54 Å². The largest absolute Gasteiger partial charge is 0.355 e. The van der Waals surface area contributed by atoms with Gasteiger partial charge in [0.2, 0.25) is 0 Å². The highest BCUT2D eigenvalue weighted by atomic mass is 32.1. The van der Waals surface area contributed by atoms with Crippen molar-refractivity contribution < 1.29 is 4.79 Å². The summed E-state index contributed by atoms with van der Waals surface area (Å²) in [5.74, 6) is 1.31. The summed E-state index contributed by atoms with van der Waals surface area (Å²) in [4.78, 5) is 28.8. The lowest BCUT2D eigenvalue weighted by Gasteiger charge is -2.33. The first kappa shape index (κ1) is 19.9. The molecule has 0 radical (unpaired) electrons. The van der Waals surface area contributed by atoms with E-state index in [1.54, 1.807) is 4.90 Å². The Labute approximate surface area is 194 Å². The number of benzene rings is 2. The average molecular weight is 455 g/mol. The van der Waals surface area contributed by atoms with E-state index < -0.39 is 0 Å². The zero-order chi connectivity index (χ0) is 22.5. The molecule has 1 aliphatic heterocycles. The molecule has 1 amide bonds. The summed E-state index contributed by atoms with van der Waals surface area (Å²) in [7, 11) is 1.99. The number of hydrogen-bond donors (Lipinski definition) is 0. The van der Waals surface area contributed by atoms with Crippen LogP contribution in [0.4, 0.5) is 11.6 Å². The molecule has 4 heterocycles. The molecule has 2 aromatic carbocycles. The van der Waals surface area contributed by atoms with E-state index in [9.17, 15) is 4.79 Å². The number of fused-ring (bicyclic) bond motifs is 3. The van der Waals surface area contributed by atoms with Crippen LogP contribution >= 0.6 is 11.3 Å². The van der Waals surface area contributed by atoms with Gasteiger partial charge < -0.3 is 4.90 Å². The van der Waals surface area contributed by atoms with E-state index in [4.69, 9.17) is 15.1 Å². The molecular weight excluding hydrogens is 432 g/mol. The van der Waals surface area contributed by atoms with Gasteiger partial charge >= 0.3 is 0 Å². The number of aryl methyl sites for hydroxylation is 1. The van der Waals surface area contributed by atoms with Gasteiger partial charge in [0.15, 0.2) is 11.6 Å². The number of para-hydroxylation sites is 2. The van der Waals surface area contributed by atoms with Crippen LogP contribution in [0.3, 0.4) is 0 Å². The second-order valence-electron chi connectivity index (χ2n) is 8.30. The van der Waals surface area contributed by atoms with Gasteiger partial charge in [0.25, 0.3) is 5.91 Å². The summed E-state index contributed by atoms with van der Waals surface area (Å²) in [6.45, 7) is 3.94. The number of amides is 1. The normalized spacial score (nSPS) is 13.6. The maximum Gasteiger partial charge on any atom is 0.269 e. The lowest BCUT2D eigenvalue weighted by molar-refractivity contribution is 0.0990. The van der Waals surface area contributed by atoms with Gasteiger partial charge in [-0.05, 0) is 30.7 Å². The molecule has 164 valence electrons. The summed E-state index contributed by atoms with van der Waals surface area (Å²) in [6, 6.07) is 20.0. The molecule has 6 rings (SSSR count). The Morgan fingerprint density at radius 2 is 1.67 bits per heavy atom. The zero-order valence-electron chi connectivity index (χ0n) is 18.4. The molecule has 8 heteroatoms. The van der Waals surface area contributed by atoms with E-state index in [0.29, 0.717) is 30.3 Å². The van der Waals surface area contributed by atoms with Crippen LogP contribution in [-0.4, -0.2) is 45.8 Å². The minimum absolute atomic E-state index is 0.0409. The monoisotopic (exact) mass is 454 g/mol. The second kappa shape index (κ2) is 7.67. The van der Waals surface area contributed by atoms with Crippen molar-refractivity contribution in [3.8, 4) is 0 Å². The van der Waals surface area contributed by atoms with Crippen LogP contribution in [0.25, 0.3) is 21.3 Å². The molecule has 0 saturated heterocycles. The molecular formula is C25H22N6OS. The first-order valence-electron chi connectivity index (χ1n) is 10.9. The molecule has 0 unspecified atom stereocenters. The van der Waals surface area contributed by atoms with E-state index in [1.807, 2.05) is 67.2 Å². The first-order chi connectivity index (χ1) is 16.1. The summed E-state index contributed by atoms with van der Waals surface area (Å²) in [6.07, 6.45) is 0. The summed E-state index contributed by atoms with van der Waals surface area (Å²) in [5, 5.41) is 5.74. The summed E-state index contributed by atoms with van der Waals surface area (Å²) in [5.41, 5.74) is 3.73. The highest BCUT2D eigenvalue weighted by molar-refractivity contribution is 7.20. The predicted octanol–water partition coefficient (Wildman–Crippen LogP) is 4.49. The molecule has 0 N–H and O–H groups in total. The van der Waals surface area contributed by atoms with Crippen molar-refractivity contribution in [1.29, 1.82) is 0 Å². The Morgan fingerprint density at radius 1 is 0.970 bits per heavy atom. The van der Waals surface area contributed by atoms with Crippen molar-refractivity contribution in [2.24, 2.45) is 0 Å². The Morgan fingerprint density at radius 3 is 2.42 bits per heavy atom. The standard InChI is InChI=1S/C25H22N6OS/c1-16-18-14-21(33-25(18)31(28-16)15-17-8-4-3-5-9-17)24(32)30-13-12-29(2)22-23(30)27-20-11-7-6-10-19(20)26-22/h3-11,14H,12-13,15H2,1-2H3. The van der Waals surface area contributed by atoms with Gasteiger partial charge in [-0.1, -0.05) is 42.5 Å². The molecule has 0 aliphatic carbocycles. The quantitative estimate of drug-likeness (QED) is 0.402. The maximum absolute atomic E-state index is 13.7. The number of thiophene rings is 1. The Kier molecular flexibility index (Phi) is 4.62. The van der Waals surface area contributed by atoms with Gasteiger partial charge in [0.05, 0.1) is 28.1 Å². The summed E-state index contributed by atoms with van der Waals surface area (Å²) < 4.78 is 1.99. The average Bonchev–Trinajstić information content (AvgIpc) is 3.40. The molecule has 0 bridgehead atoms. The predicted molar refractivity (Wildman–Crippen MR) is 132 cm³/mol. The van der Waals surface area contributed by atoms with Gasteiger partial charge in [-0.25, -0.2) is 9.97 Å².